The Morgan fingerprint density at radius 1 is 1.00 bits per heavy atom. The topological polar surface area (TPSA) is 89.9 Å². The molecule has 31 heavy (non-hydrogen) atoms. The summed E-state index contributed by atoms with van der Waals surface area (Å²) in [6.07, 6.45) is 1.95. The Morgan fingerprint density at radius 3 is 2.58 bits per heavy atom. The second kappa shape index (κ2) is 8.61. The van der Waals surface area contributed by atoms with Crippen LogP contribution in [0.25, 0.3) is 10.9 Å². The van der Waals surface area contributed by atoms with Crippen molar-refractivity contribution in [1.82, 2.24) is 14.8 Å². The van der Waals surface area contributed by atoms with Crippen LogP contribution in [0.5, 0.6) is 5.75 Å². The lowest BCUT2D eigenvalue weighted by Crippen LogP contribution is -2.32. The zero-order valence-electron chi connectivity index (χ0n) is 17.4. The molecule has 0 saturated heterocycles. The summed E-state index contributed by atoms with van der Waals surface area (Å²) in [5, 5.41) is 3.88. The summed E-state index contributed by atoms with van der Waals surface area (Å²) < 4.78 is 12.4. The fraction of sp³-hybridized carbons (Fsp3) is 0.261. The first kappa shape index (κ1) is 20.6. The van der Waals surface area contributed by atoms with Crippen molar-refractivity contribution in [3.8, 4) is 5.75 Å². The van der Waals surface area contributed by atoms with Gasteiger partial charge in [0, 0.05) is 37.3 Å². The lowest BCUT2D eigenvalue weighted by atomic mass is 10.1. The molecule has 3 aromatic rings. The van der Waals surface area contributed by atoms with E-state index < -0.39 is 5.91 Å². The Balaban J connectivity index is 1.42. The number of benzene rings is 2. The van der Waals surface area contributed by atoms with E-state index in [4.69, 9.17) is 9.47 Å². The lowest BCUT2D eigenvalue weighted by Gasteiger charge is -2.12. The van der Waals surface area contributed by atoms with Crippen molar-refractivity contribution in [3.05, 3.63) is 65.4 Å². The lowest BCUT2D eigenvalue weighted by molar-refractivity contribution is 0.0603. The summed E-state index contributed by atoms with van der Waals surface area (Å²) in [5.41, 5.74) is 1.92. The molecule has 1 aromatic heterocycles. The van der Waals surface area contributed by atoms with E-state index in [9.17, 15) is 14.4 Å². The van der Waals surface area contributed by atoms with Gasteiger partial charge in [-0.25, -0.2) is 0 Å². The van der Waals surface area contributed by atoms with E-state index in [0.29, 0.717) is 24.2 Å². The third-order valence-corrected chi connectivity index (χ3v) is 5.38. The van der Waals surface area contributed by atoms with E-state index in [1.807, 2.05) is 35.0 Å². The average molecular weight is 421 g/mol. The third-order valence-electron chi connectivity index (χ3n) is 5.38. The molecule has 0 radical (unpaired) electrons. The first-order valence-corrected chi connectivity index (χ1v) is 9.94. The maximum Gasteiger partial charge on any atom is 0.261 e. The first-order chi connectivity index (χ1) is 15.0. The van der Waals surface area contributed by atoms with Gasteiger partial charge in [-0.15, -0.1) is 0 Å². The van der Waals surface area contributed by atoms with Gasteiger partial charge in [-0.05, 0) is 36.4 Å². The van der Waals surface area contributed by atoms with Gasteiger partial charge in [0.15, 0.2) is 0 Å². The highest BCUT2D eigenvalue weighted by Crippen LogP contribution is 2.26. The molecule has 1 aliphatic heterocycles. The number of nitrogens with zero attached hydrogens (tertiary/aromatic N) is 2. The highest BCUT2D eigenvalue weighted by molar-refractivity contribution is 6.22. The third kappa shape index (κ3) is 3.77. The van der Waals surface area contributed by atoms with Crippen LogP contribution in [-0.2, 0) is 11.3 Å². The summed E-state index contributed by atoms with van der Waals surface area (Å²) >= 11 is 0. The monoisotopic (exact) mass is 421 g/mol. The van der Waals surface area contributed by atoms with E-state index in [1.54, 1.807) is 13.2 Å². The van der Waals surface area contributed by atoms with Gasteiger partial charge in [-0.3, -0.25) is 19.3 Å². The minimum absolute atomic E-state index is 0.181. The molecule has 160 valence electrons. The number of hydrogen-bond acceptors (Lipinski definition) is 5. The van der Waals surface area contributed by atoms with Gasteiger partial charge in [0.05, 0.1) is 36.9 Å². The van der Waals surface area contributed by atoms with E-state index in [0.717, 1.165) is 21.6 Å². The van der Waals surface area contributed by atoms with Crippen molar-refractivity contribution < 1.29 is 23.9 Å². The molecular formula is C23H23N3O5. The van der Waals surface area contributed by atoms with Crippen LogP contribution >= 0.6 is 0 Å². The Kier molecular flexibility index (Phi) is 5.73. The fourth-order valence-corrected chi connectivity index (χ4v) is 3.78. The summed E-state index contributed by atoms with van der Waals surface area (Å²) in [5.74, 6) is -0.261. The maximum atomic E-state index is 12.6. The van der Waals surface area contributed by atoms with Crippen molar-refractivity contribution in [2.45, 2.75) is 6.54 Å². The van der Waals surface area contributed by atoms with Gasteiger partial charge in [0.25, 0.3) is 17.7 Å². The minimum atomic E-state index is -0.403. The Bertz CT molecular complexity index is 1170. The second-order valence-electron chi connectivity index (χ2n) is 7.17. The van der Waals surface area contributed by atoms with Gasteiger partial charge in [-0.1, -0.05) is 6.07 Å². The predicted molar refractivity (Wildman–Crippen MR) is 115 cm³/mol. The van der Waals surface area contributed by atoms with E-state index in [-0.39, 0.29) is 30.5 Å². The normalized spacial score (nSPS) is 13.0. The molecule has 0 unspecified atom stereocenters. The van der Waals surface area contributed by atoms with Gasteiger partial charge in [-0.2, -0.15) is 0 Å². The molecule has 1 aliphatic rings. The molecular weight excluding hydrogens is 398 g/mol. The van der Waals surface area contributed by atoms with Crippen LogP contribution < -0.4 is 10.1 Å². The summed E-state index contributed by atoms with van der Waals surface area (Å²) in [7, 11) is 3.14. The molecule has 0 fully saturated rings. The molecule has 0 atom stereocenters. The van der Waals surface area contributed by atoms with Gasteiger partial charge in [0.1, 0.15) is 5.75 Å². The van der Waals surface area contributed by atoms with Crippen molar-refractivity contribution in [3.63, 3.8) is 0 Å². The number of ether oxygens (including phenoxy) is 2. The molecule has 0 spiro atoms. The standard InChI is InChI=1S/C23H23N3O5/c1-30-13-12-26-22(28)16-7-6-15(14-18(16)23(26)29)21(27)24-9-11-25-10-8-17-19(25)4-3-5-20(17)31-2/h3-8,10,14H,9,11-13H2,1-2H3,(H,24,27). The highest BCUT2D eigenvalue weighted by Gasteiger charge is 2.35. The van der Waals surface area contributed by atoms with Gasteiger partial charge >= 0.3 is 0 Å². The summed E-state index contributed by atoms with van der Waals surface area (Å²) in [4.78, 5) is 38.7. The summed E-state index contributed by atoms with van der Waals surface area (Å²) in [6.45, 7) is 1.43. The van der Waals surface area contributed by atoms with Crippen LogP contribution in [0.2, 0.25) is 0 Å². The molecule has 1 N–H and O–H groups in total. The Morgan fingerprint density at radius 2 is 1.81 bits per heavy atom. The number of carbonyl (C=O) groups is 3. The molecule has 0 bridgehead atoms. The van der Waals surface area contributed by atoms with Crippen molar-refractivity contribution >= 4 is 28.6 Å². The van der Waals surface area contributed by atoms with Crippen molar-refractivity contribution in [1.29, 1.82) is 0 Å². The molecule has 2 aromatic carbocycles. The predicted octanol–water partition coefficient (Wildman–Crippen LogP) is 2.32. The number of hydrogen-bond donors (Lipinski definition) is 1. The fourth-order valence-electron chi connectivity index (χ4n) is 3.78. The molecule has 8 heteroatoms. The zero-order valence-corrected chi connectivity index (χ0v) is 17.4. The van der Waals surface area contributed by atoms with Crippen LogP contribution in [0.4, 0.5) is 0 Å². The van der Waals surface area contributed by atoms with Crippen molar-refractivity contribution in [2.75, 3.05) is 33.9 Å². The number of rotatable bonds is 8. The van der Waals surface area contributed by atoms with Crippen LogP contribution in [0, 0.1) is 0 Å². The largest absolute Gasteiger partial charge is 0.496 e. The number of amides is 3. The van der Waals surface area contributed by atoms with Crippen LogP contribution in [0.3, 0.4) is 0 Å². The summed E-state index contributed by atoms with van der Waals surface area (Å²) in [6, 6.07) is 12.4. The Hall–Kier alpha value is -3.65. The van der Waals surface area contributed by atoms with Crippen LogP contribution in [0.1, 0.15) is 31.1 Å². The molecule has 0 aliphatic carbocycles. The number of carbonyl (C=O) groups excluding carboxylic acids is 3. The van der Waals surface area contributed by atoms with E-state index in [2.05, 4.69) is 5.32 Å². The van der Waals surface area contributed by atoms with Gasteiger partial charge in [0.2, 0.25) is 0 Å². The SMILES string of the molecule is COCCN1C(=O)c2ccc(C(=O)NCCn3ccc4c(OC)cccc43)cc2C1=O. The number of nitrogens with one attached hydrogen (secondary N) is 1. The van der Waals surface area contributed by atoms with E-state index in [1.165, 1.54) is 19.2 Å². The smallest absolute Gasteiger partial charge is 0.261 e. The molecule has 4 rings (SSSR count). The van der Waals surface area contributed by atoms with Crippen molar-refractivity contribution in [2.24, 2.45) is 0 Å². The zero-order chi connectivity index (χ0) is 22.0. The first-order valence-electron chi connectivity index (χ1n) is 9.94. The quantitative estimate of drug-likeness (QED) is 0.564. The molecule has 2 heterocycles. The van der Waals surface area contributed by atoms with Crippen LogP contribution in [-0.4, -0.2) is 61.1 Å². The number of methoxy groups -OCH3 is 2. The Labute approximate surface area is 179 Å². The minimum Gasteiger partial charge on any atom is -0.496 e. The maximum absolute atomic E-state index is 12.6. The average Bonchev–Trinajstić information content (AvgIpc) is 3.31. The van der Waals surface area contributed by atoms with Crippen LogP contribution in [0.15, 0.2) is 48.7 Å². The molecule has 0 saturated carbocycles. The number of fused-ring (bicyclic) bond motifs is 2. The van der Waals surface area contributed by atoms with Gasteiger partial charge < -0.3 is 19.4 Å². The molecule has 3 amide bonds. The number of imide groups is 1. The molecule has 8 nitrogen and oxygen atoms in total. The number of aromatic nitrogens is 1. The second-order valence-corrected chi connectivity index (χ2v) is 7.17. The highest BCUT2D eigenvalue weighted by atomic mass is 16.5. The van der Waals surface area contributed by atoms with E-state index >= 15 is 0 Å².